The normalized spacial score (nSPS) is 11.2. The number of likely N-dealkylation sites (N-methyl/N-ethyl adjacent to an activating group) is 1. The van der Waals surface area contributed by atoms with Gasteiger partial charge in [0.2, 0.25) is 15.7 Å². The van der Waals surface area contributed by atoms with Crippen LogP contribution >= 0.6 is 34.8 Å². The van der Waals surface area contributed by atoms with E-state index in [2.05, 4.69) is 5.32 Å². The second-order valence-corrected chi connectivity index (χ2v) is 8.45. The number of nitrogens with zero attached hydrogens (tertiary/aromatic N) is 1. The lowest BCUT2D eigenvalue weighted by Crippen LogP contribution is -2.28. The quantitative estimate of drug-likeness (QED) is 0.793. The van der Waals surface area contributed by atoms with E-state index in [-0.39, 0.29) is 37.3 Å². The van der Waals surface area contributed by atoms with Gasteiger partial charge < -0.3 is 10.2 Å². The molecule has 0 aliphatic carbocycles. The molecule has 5 nitrogen and oxygen atoms in total. The van der Waals surface area contributed by atoms with Crippen molar-refractivity contribution >= 4 is 56.2 Å². The van der Waals surface area contributed by atoms with Crippen molar-refractivity contribution in [3.63, 3.8) is 0 Å². The predicted octanol–water partition coefficient (Wildman–Crippen LogP) is 3.98. The van der Waals surface area contributed by atoms with Crippen molar-refractivity contribution in [2.75, 3.05) is 26.0 Å². The topological polar surface area (TPSA) is 66.5 Å². The number of anilines is 1. The number of benzene rings is 2. The van der Waals surface area contributed by atoms with Crippen LogP contribution in [0.4, 0.5) is 5.69 Å². The van der Waals surface area contributed by atoms with E-state index in [0.29, 0.717) is 5.69 Å². The first kappa shape index (κ1) is 19.8. The summed E-state index contributed by atoms with van der Waals surface area (Å²) < 4.78 is 25.8. The Hall–Kier alpha value is -1.47. The van der Waals surface area contributed by atoms with Gasteiger partial charge in [0, 0.05) is 19.1 Å². The van der Waals surface area contributed by atoms with Gasteiger partial charge in [-0.15, -0.1) is 0 Å². The predicted molar refractivity (Wildman–Crippen MR) is 101 cm³/mol. The van der Waals surface area contributed by atoms with Gasteiger partial charge in [-0.3, -0.25) is 4.79 Å². The molecule has 2 rings (SSSR count). The Balaban J connectivity index is 2.44. The average molecular weight is 422 g/mol. The maximum Gasteiger partial charge on any atom is 0.241 e. The van der Waals surface area contributed by atoms with Crippen molar-refractivity contribution in [1.82, 2.24) is 4.90 Å². The summed E-state index contributed by atoms with van der Waals surface area (Å²) in [5.41, 5.74) is 0.330. The summed E-state index contributed by atoms with van der Waals surface area (Å²) in [6, 6.07) is 8.65. The highest BCUT2D eigenvalue weighted by Gasteiger charge is 2.25. The molecule has 1 amide bonds. The minimum absolute atomic E-state index is 0.0197. The smallest absolute Gasteiger partial charge is 0.241 e. The van der Waals surface area contributed by atoms with E-state index in [4.69, 9.17) is 34.8 Å². The van der Waals surface area contributed by atoms with Crippen LogP contribution < -0.4 is 5.32 Å². The van der Waals surface area contributed by atoms with Gasteiger partial charge in [0.1, 0.15) is 0 Å². The number of hydrogen-bond acceptors (Lipinski definition) is 4. The van der Waals surface area contributed by atoms with Crippen LogP contribution in [0.1, 0.15) is 0 Å². The molecule has 0 fully saturated rings. The van der Waals surface area contributed by atoms with Gasteiger partial charge in [0.05, 0.1) is 32.1 Å². The molecule has 2 aromatic carbocycles. The van der Waals surface area contributed by atoms with Gasteiger partial charge >= 0.3 is 0 Å². The van der Waals surface area contributed by atoms with E-state index in [9.17, 15) is 13.2 Å². The summed E-state index contributed by atoms with van der Waals surface area (Å²) in [4.78, 5) is 12.8. The average Bonchev–Trinajstić information content (AvgIpc) is 2.55. The van der Waals surface area contributed by atoms with Crippen molar-refractivity contribution in [3.8, 4) is 0 Å². The summed E-state index contributed by atoms with van der Waals surface area (Å²) >= 11 is 18.2. The summed E-state index contributed by atoms with van der Waals surface area (Å²) in [5.74, 6) is -0.179. The Kier molecular flexibility index (Phi) is 6.21. The first-order chi connectivity index (χ1) is 11.6. The number of rotatable bonds is 5. The second-order valence-electron chi connectivity index (χ2n) is 5.34. The van der Waals surface area contributed by atoms with Gasteiger partial charge in [-0.05, 0) is 30.3 Å². The van der Waals surface area contributed by atoms with Crippen LogP contribution in [-0.4, -0.2) is 39.9 Å². The van der Waals surface area contributed by atoms with Crippen molar-refractivity contribution in [2.45, 2.75) is 9.79 Å². The molecule has 9 heteroatoms. The number of hydrogen-bond donors (Lipinski definition) is 1. The Morgan fingerprint density at radius 1 is 1.08 bits per heavy atom. The summed E-state index contributed by atoms with van der Waals surface area (Å²) in [6.07, 6.45) is 0. The molecule has 0 aliphatic heterocycles. The third kappa shape index (κ3) is 4.39. The molecular formula is C16H15Cl3N2O3S. The highest BCUT2D eigenvalue weighted by molar-refractivity contribution is 7.91. The van der Waals surface area contributed by atoms with E-state index in [1.54, 1.807) is 20.2 Å². The minimum Gasteiger partial charge on any atom is -0.375 e. The number of sulfone groups is 1. The van der Waals surface area contributed by atoms with Crippen LogP contribution in [-0.2, 0) is 14.6 Å². The van der Waals surface area contributed by atoms with Crippen LogP contribution in [0.2, 0.25) is 15.1 Å². The van der Waals surface area contributed by atoms with Gasteiger partial charge in [-0.2, -0.15) is 0 Å². The molecule has 25 heavy (non-hydrogen) atoms. The highest BCUT2D eigenvalue weighted by Crippen LogP contribution is 2.36. The molecule has 0 saturated heterocycles. The third-order valence-electron chi connectivity index (χ3n) is 3.36. The van der Waals surface area contributed by atoms with E-state index >= 15 is 0 Å². The fourth-order valence-corrected chi connectivity index (χ4v) is 4.59. The number of amides is 1. The lowest BCUT2D eigenvalue weighted by Gasteiger charge is -2.15. The standard InChI is InChI=1S/C16H15Cl3N2O3S/c1-21(2)15(22)9-20-12-4-3-5-13(16(12)19)25(23,24)14-8-10(17)6-7-11(14)18/h3-8,20H,9H2,1-2H3. The SMILES string of the molecule is CN(C)C(=O)CNc1cccc(S(=O)(=O)c2cc(Cl)ccc2Cl)c1Cl. The molecule has 0 saturated carbocycles. The van der Waals surface area contributed by atoms with Crippen molar-refractivity contribution in [2.24, 2.45) is 0 Å². The Labute approximate surface area is 161 Å². The largest absolute Gasteiger partial charge is 0.375 e. The van der Waals surface area contributed by atoms with E-state index in [0.717, 1.165) is 0 Å². The minimum atomic E-state index is -3.98. The first-order valence-corrected chi connectivity index (χ1v) is 9.69. The van der Waals surface area contributed by atoms with Gasteiger partial charge in [-0.1, -0.05) is 40.9 Å². The van der Waals surface area contributed by atoms with E-state index in [1.165, 1.54) is 35.2 Å². The van der Waals surface area contributed by atoms with Crippen LogP contribution in [0.5, 0.6) is 0 Å². The lowest BCUT2D eigenvalue weighted by atomic mass is 10.3. The zero-order valence-electron chi connectivity index (χ0n) is 13.4. The zero-order chi connectivity index (χ0) is 18.8. The molecule has 0 bridgehead atoms. The molecule has 0 unspecified atom stereocenters. The second kappa shape index (κ2) is 7.83. The van der Waals surface area contributed by atoms with Crippen LogP contribution in [0.15, 0.2) is 46.2 Å². The fraction of sp³-hybridized carbons (Fsp3) is 0.188. The number of halogens is 3. The maximum absolute atomic E-state index is 12.9. The summed E-state index contributed by atoms with van der Waals surface area (Å²) in [5, 5.41) is 3.10. The molecule has 0 spiro atoms. The third-order valence-corrected chi connectivity index (χ3v) is 6.40. The van der Waals surface area contributed by atoms with Gasteiger partial charge in [0.25, 0.3) is 0 Å². The molecule has 0 aliphatic rings. The van der Waals surface area contributed by atoms with Gasteiger partial charge in [-0.25, -0.2) is 8.42 Å². The molecule has 134 valence electrons. The first-order valence-electron chi connectivity index (χ1n) is 7.07. The van der Waals surface area contributed by atoms with Crippen LogP contribution in [0.3, 0.4) is 0 Å². The molecule has 2 aromatic rings. The zero-order valence-corrected chi connectivity index (χ0v) is 16.5. The Bertz CT molecular complexity index is 915. The number of carbonyl (C=O) groups is 1. The summed E-state index contributed by atoms with van der Waals surface area (Å²) in [6.45, 7) is -0.0197. The number of nitrogens with one attached hydrogen (secondary N) is 1. The van der Waals surface area contributed by atoms with Crippen molar-refractivity contribution in [1.29, 1.82) is 0 Å². The Morgan fingerprint density at radius 3 is 2.40 bits per heavy atom. The molecule has 1 N–H and O–H groups in total. The van der Waals surface area contributed by atoms with Gasteiger partial charge in [0.15, 0.2) is 0 Å². The van der Waals surface area contributed by atoms with Crippen molar-refractivity contribution in [3.05, 3.63) is 51.5 Å². The molecule has 0 aromatic heterocycles. The maximum atomic E-state index is 12.9. The fourth-order valence-electron chi connectivity index (χ4n) is 1.99. The Morgan fingerprint density at radius 2 is 1.76 bits per heavy atom. The molecular weight excluding hydrogens is 407 g/mol. The van der Waals surface area contributed by atoms with Crippen LogP contribution in [0.25, 0.3) is 0 Å². The highest BCUT2D eigenvalue weighted by atomic mass is 35.5. The monoisotopic (exact) mass is 420 g/mol. The lowest BCUT2D eigenvalue weighted by molar-refractivity contribution is -0.126. The molecule has 0 heterocycles. The number of carbonyl (C=O) groups excluding carboxylic acids is 1. The van der Waals surface area contributed by atoms with E-state index < -0.39 is 9.84 Å². The van der Waals surface area contributed by atoms with Crippen molar-refractivity contribution < 1.29 is 13.2 Å². The molecule has 0 atom stereocenters. The molecule has 0 radical (unpaired) electrons. The van der Waals surface area contributed by atoms with Crippen LogP contribution in [0, 0.1) is 0 Å². The van der Waals surface area contributed by atoms with E-state index in [1.807, 2.05) is 0 Å². The summed E-state index contributed by atoms with van der Waals surface area (Å²) in [7, 11) is -0.747.